The van der Waals surface area contributed by atoms with Gasteiger partial charge in [0.1, 0.15) is 5.70 Å². The number of unbranched alkanes of at least 4 members (excludes halogenated alkanes) is 1. The fourth-order valence-electron chi connectivity index (χ4n) is 4.66. The normalized spacial score (nSPS) is 17.7. The standard InChI is InChI=1S/C27H32N2O2/c1-3-4-16-29-26(30)24(23-12-10-20(2)11-13-23)25(27(29)31)28-17-14-22(15-18-28)19-21-8-6-5-7-9-21/h5-13,22H,3-4,14-19H2,1-2H3. The van der Waals surface area contributed by atoms with Crippen LogP contribution in [0.3, 0.4) is 0 Å². The minimum atomic E-state index is -0.135. The molecule has 2 aliphatic rings. The van der Waals surface area contributed by atoms with Crippen LogP contribution in [0.1, 0.15) is 49.3 Å². The molecule has 2 heterocycles. The second-order valence-electron chi connectivity index (χ2n) is 8.83. The van der Waals surface area contributed by atoms with Gasteiger partial charge >= 0.3 is 0 Å². The second kappa shape index (κ2) is 9.51. The Labute approximate surface area is 185 Å². The fourth-order valence-corrected chi connectivity index (χ4v) is 4.66. The van der Waals surface area contributed by atoms with E-state index in [-0.39, 0.29) is 11.8 Å². The van der Waals surface area contributed by atoms with Gasteiger partial charge in [0.25, 0.3) is 11.8 Å². The molecule has 2 amide bonds. The van der Waals surface area contributed by atoms with Gasteiger partial charge < -0.3 is 4.90 Å². The number of carbonyl (C=O) groups is 2. The summed E-state index contributed by atoms with van der Waals surface area (Å²) in [7, 11) is 0. The first-order valence-corrected chi connectivity index (χ1v) is 11.5. The summed E-state index contributed by atoms with van der Waals surface area (Å²) in [6.45, 7) is 6.26. The smallest absolute Gasteiger partial charge is 0.277 e. The Morgan fingerprint density at radius 1 is 0.903 bits per heavy atom. The van der Waals surface area contributed by atoms with E-state index >= 15 is 0 Å². The third-order valence-electron chi connectivity index (χ3n) is 6.52. The molecule has 0 spiro atoms. The third-order valence-corrected chi connectivity index (χ3v) is 6.52. The molecule has 2 aromatic carbocycles. The average Bonchev–Trinajstić information content (AvgIpc) is 3.04. The van der Waals surface area contributed by atoms with Crippen molar-refractivity contribution in [3.05, 3.63) is 77.0 Å². The highest BCUT2D eigenvalue weighted by atomic mass is 16.2. The van der Waals surface area contributed by atoms with Crippen LogP contribution in [0.5, 0.6) is 0 Å². The molecule has 1 fully saturated rings. The molecule has 0 unspecified atom stereocenters. The van der Waals surface area contributed by atoms with E-state index in [1.165, 1.54) is 10.5 Å². The molecule has 0 bridgehead atoms. The van der Waals surface area contributed by atoms with Gasteiger partial charge in [0.05, 0.1) is 5.57 Å². The van der Waals surface area contributed by atoms with Crippen molar-refractivity contribution in [1.29, 1.82) is 0 Å². The molecule has 0 atom stereocenters. The molecule has 0 N–H and O–H groups in total. The first-order valence-electron chi connectivity index (χ1n) is 11.5. The lowest BCUT2D eigenvalue weighted by Crippen LogP contribution is -2.39. The summed E-state index contributed by atoms with van der Waals surface area (Å²) in [5, 5.41) is 0. The lowest BCUT2D eigenvalue weighted by atomic mass is 9.89. The Hall–Kier alpha value is -2.88. The zero-order valence-electron chi connectivity index (χ0n) is 18.6. The van der Waals surface area contributed by atoms with E-state index in [1.54, 1.807) is 0 Å². The van der Waals surface area contributed by atoms with Crippen LogP contribution in [0, 0.1) is 12.8 Å². The molecule has 162 valence electrons. The summed E-state index contributed by atoms with van der Waals surface area (Å²) in [4.78, 5) is 30.3. The lowest BCUT2D eigenvalue weighted by Gasteiger charge is -2.34. The van der Waals surface area contributed by atoms with Crippen LogP contribution in [0.4, 0.5) is 0 Å². The number of amides is 2. The number of rotatable bonds is 7. The Bertz CT molecular complexity index is 954. The zero-order valence-corrected chi connectivity index (χ0v) is 18.6. The number of carbonyl (C=O) groups excluding carboxylic acids is 2. The van der Waals surface area contributed by atoms with E-state index in [2.05, 4.69) is 42.2 Å². The van der Waals surface area contributed by atoms with Gasteiger partial charge in [0, 0.05) is 19.6 Å². The first-order chi connectivity index (χ1) is 15.1. The van der Waals surface area contributed by atoms with Gasteiger partial charge in [-0.05, 0) is 49.7 Å². The number of hydrogen-bond acceptors (Lipinski definition) is 3. The molecule has 0 aliphatic carbocycles. The minimum absolute atomic E-state index is 0.115. The van der Waals surface area contributed by atoms with Crippen LogP contribution in [0.25, 0.3) is 5.57 Å². The molecule has 0 radical (unpaired) electrons. The van der Waals surface area contributed by atoms with Crippen LogP contribution in [0.15, 0.2) is 60.3 Å². The van der Waals surface area contributed by atoms with E-state index in [9.17, 15) is 9.59 Å². The number of hydrogen-bond donors (Lipinski definition) is 0. The number of likely N-dealkylation sites (tertiary alicyclic amines) is 1. The average molecular weight is 417 g/mol. The van der Waals surface area contributed by atoms with Crippen LogP contribution in [0.2, 0.25) is 0 Å². The minimum Gasteiger partial charge on any atom is -0.366 e. The van der Waals surface area contributed by atoms with E-state index < -0.39 is 0 Å². The molecule has 31 heavy (non-hydrogen) atoms. The van der Waals surface area contributed by atoms with Crippen molar-refractivity contribution >= 4 is 17.4 Å². The second-order valence-corrected chi connectivity index (χ2v) is 8.83. The van der Waals surface area contributed by atoms with E-state index in [0.717, 1.165) is 56.3 Å². The number of imide groups is 1. The predicted octanol–water partition coefficient (Wildman–Crippen LogP) is 4.83. The van der Waals surface area contributed by atoms with Crippen molar-refractivity contribution in [3.63, 3.8) is 0 Å². The molecular formula is C27H32N2O2. The molecule has 0 aromatic heterocycles. The van der Waals surface area contributed by atoms with Crippen molar-refractivity contribution in [2.45, 2.75) is 46.0 Å². The largest absolute Gasteiger partial charge is 0.366 e. The topological polar surface area (TPSA) is 40.6 Å². The maximum absolute atomic E-state index is 13.3. The highest BCUT2D eigenvalue weighted by Gasteiger charge is 2.41. The Balaban J connectivity index is 1.56. The maximum Gasteiger partial charge on any atom is 0.277 e. The van der Waals surface area contributed by atoms with Crippen LogP contribution in [-0.4, -0.2) is 41.2 Å². The quantitative estimate of drug-likeness (QED) is 0.607. The summed E-state index contributed by atoms with van der Waals surface area (Å²) in [5.74, 6) is 0.365. The van der Waals surface area contributed by atoms with E-state index in [0.29, 0.717) is 23.7 Å². The van der Waals surface area contributed by atoms with Crippen LogP contribution in [-0.2, 0) is 16.0 Å². The van der Waals surface area contributed by atoms with E-state index in [1.807, 2.05) is 31.2 Å². The van der Waals surface area contributed by atoms with Crippen molar-refractivity contribution in [2.75, 3.05) is 19.6 Å². The van der Waals surface area contributed by atoms with Crippen LogP contribution >= 0.6 is 0 Å². The van der Waals surface area contributed by atoms with Crippen molar-refractivity contribution < 1.29 is 9.59 Å². The molecule has 4 heteroatoms. The molecule has 4 rings (SSSR count). The molecular weight excluding hydrogens is 384 g/mol. The number of piperidine rings is 1. The van der Waals surface area contributed by atoms with Crippen molar-refractivity contribution in [3.8, 4) is 0 Å². The Kier molecular flexibility index (Phi) is 6.55. The van der Waals surface area contributed by atoms with Crippen molar-refractivity contribution in [1.82, 2.24) is 9.80 Å². The molecule has 4 nitrogen and oxygen atoms in total. The summed E-state index contributed by atoms with van der Waals surface area (Å²) >= 11 is 0. The van der Waals surface area contributed by atoms with Gasteiger partial charge in [-0.25, -0.2) is 0 Å². The molecule has 2 aliphatic heterocycles. The lowest BCUT2D eigenvalue weighted by molar-refractivity contribution is -0.137. The van der Waals surface area contributed by atoms with Gasteiger partial charge in [-0.1, -0.05) is 73.5 Å². The predicted molar refractivity (Wildman–Crippen MR) is 124 cm³/mol. The van der Waals surface area contributed by atoms with Gasteiger partial charge in [0.15, 0.2) is 0 Å². The number of aryl methyl sites for hydroxylation is 1. The highest BCUT2D eigenvalue weighted by Crippen LogP contribution is 2.34. The zero-order chi connectivity index (χ0) is 21.8. The Morgan fingerprint density at radius 3 is 2.23 bits per heavy atom. The third kappa shape index (κ3) is 4.58. The molecule has 1 saturated heterocycles. The number of nitrogens with zero attached hydrogens (tertiary/aromatic N) is 2. The summed E-state index contributed by atoms with van der Waals surface area (Å²) in [6.07, 6.45) is 4.95. The van der Waals surface area contributed by atoms with Gasteiger partial charge in [-0.3, -0.25) is 14.5 Å². The van der Waals surface area contributed by atoms with Crippen molar-refractivity contribution in [2.24, 2.45) is 5.92 Å². The first kappa shape index (κ1) is 21.4. The van der Waals surface area contributed by atoms with Gasteiger partial charge in [-0.2, -0.15) is 0 Å². The highest BCUT2D eigenvalue weighted by molar-refractivity contribution is 6.35. The van der Waals surface area contributed by atoms with E-state index in [4.69, 9.17) is 0 Å². The maximum atomic E-state index is 13.3. The summed E-state index contributed by atoms with van der Waals surface area (Å²) in [5.41, 5.74) is 4.57. The van der Waals surface area contributed by atoms with Gasteiger partial charge in [-0.15, -0.1) is 0 Å². The Morgan fingerprint density at radius 2 is 1.58 bits per heavy atom. The number of benzene rings is 2. The molecule has 0 saturated carbocycles. The SMILES string of the molecule is CCCCN1C(=O)C(c2ccc(C)cc2)=C(N2CCC(Cc3ccccc3)CC2)C1=O. The fraction of sp³-hybridized carbons (Fsp3) is 0.407. The summed E-state index contributed by atoms with van der Waals surface area (Å²) < 4.78 is 0. The monoisotopic (exact) mass is 416 g/mol. The molecule has 2 aromatic rings. The van der Waals surface area contributed by atoms with Gasteiger partial charge in [0.2, 0.25) is 0 Å². The summed E-state index contributed by atoms with van der Waals surface area (Å²) in [6, 6.07) is 18.6. The van der Waals surface area contributed by atoms with Crippen LogP contribution < -0.4 is 0 Å².